The summed E-state index contributed by atoms with van der Waals surface area (Å²) in [5, 5.41) is 11.5. The molecular formula is C11H12ClFN4. The predicted molar refractivity (Wildman–Crippen MR) is 66.1 cm³/mol. The Morgan fingerprint density at radius 1 is 1.29 bits per heavy atom. The third-order valence-corrected chi connectivity index (χ3v) is 3.28. The zero-order chi connectivity index (χ0) is 11.8. The van der Waals surface area contributed by atoms with Crippen molar-refractivity contribution >= 4 is 28.3 Å². The average Bonchev–Trinajstić information content (AvgIpc) is 2.74. The van der Waals surface area contributed by atoms with Gasteiger partial charge >= 0.3 is 0 Å². The Labute approximate surface area is 103 Å². The molecule has 90 valence electrons. The van der Waals surface area contributed by atoms with Crippen LogP contribution in [0.4, 0.5) is 10.2 Å². The van der Waals surface area contributed by atoms with Gasteiger partial charge in [0.15, 0.2) is 5.82 Å². The maximum atomic E-state index is 13.4. The fraction of sp³-hybridized carbons (Fsp3) is 0.364. The van der Waals surface area contributed by atoms with Gasteiger partial charge in [-0.1, -0.05) is 11.6 Å². The Hall–Kier alpha value is -1.33. The van der Waals surface area contributed by atoms with Crippen LogP contribution in [-0.2, 0) is 0 Å². The summed E-state index contributed by atoms with van der Waals surface area (Å²) >= 11 is 5.97. The fourth-order valence-corrected chi connectivity index (χ4v) is 2.40. The second-order valence-electron chi connectivity index (χ2n) is 4.09. The second kappa shape index (κ2) is 4.16. The Bertz CT molecular complexity index is 548. The van der Waals surface area contributed by atoms with Crippen molar-refractivity contribution in [3.05, 3.63) is 23.0 Å². The van der Waals surface area contributed by atoms with E-state index >= 15 is 0 Å². The molecule has 0 aliphatic carbocycles. The van der Waals surface area contributed by atoms with E-state index in [0.29, 0.717) is 10.5 Å². The molecule has 6 heteroatoms. The largest absolute Gasteiger partial charge is 0.352 e. The Morgan fingerprint density at radius 3 is 2.82 bits per heavy atom. The highest BCUT2D eigenvalue weighted by molar-refractivity contribution is 6.35. The molecule has 2 heterocycles. The van der Waals surface area contributed by atoms with Crippen LogP contribution in [0.2, 0.25) is 5.02 Å². The molecule has 0 saturated carbocycles. The van der Waals surface area contributed by atoms with Crippen molar-refractivity contribution in [1.29, 1.82) is 0 Å². The molecule has 0 atom stereocenters. The van der Waals surface area contributed by atoms with E-state index in [2.05, 4.69) is 20.4 Å². The van der Waals surface area contributed by atoms with Crippen LogP contribution in [-0.4, -0.2) is 36.4 Å². The molecule has 2 N–H and O–H groups in total. The van der Waals surface area contributed by atoms with Gasteiger partial charge in [-0.25, -0.2) is 4.39 Å². The summed E-state index contributed by atoms with van der Waals surface area (Å²) in [4.78, 5) is 2.13. The van der Waals surface area contributed by atoms with Crippen molar-refractivity contribution in [2.75, 3.05) is 31.1 Å². The van der Waals surface area contributed by atoms with Gasteiger partial charge in [0, 0.05) is 31.6 Å². The molecule has 0 spiro atoms. The number of anilines is 1. The first-order chi connectivity index (χ1) is 8.25. The van der Waals surface area contributed by atoms with Crippen LogP contribution >= 0.6 is 11.6 Å². The fourth-order valence-electron chi connectivity index (χ4n) is 2.15. The molecule has 1 aromatic carbocycles. The molecule has 3 rings (SSSR count). The number of hydrogen-bond acceptors (Lipinski definition) is 3. The van der Waals surface area contributed by atoms with E-state index in [4.69, 9.17) is 11.6 Å². The first-order valence-electron chi connectivity index (χ1n) is 5.54. The highest BCUT2D eigenvalue weighted by atomic mass is 35.5. The van der Waals surface area contributed by atoms with Crippen LogP contribution in [0.15, 0.2) is 12.1 Å². The summed E-state index contributed by atoms with van der Waals surface area (Å²) in [6, 6.07) is 2.77. The molecule has 0 amide bonds. The molecule has 1 aromatic heterocycles. The lowest BCUT2D eigenvalue weighted by Crippen LogP contribution is -2.43. The quantitative estimate of drug-likeness (QED) is 0.815. The van der Waals surface area contributed by atoms with Crippen molar-refractivity contribution in [2.24, 2.45) is 0 Å². The molecule has 4 nitrogen and oxygen atoms in total. The molecule has 0 radical (unpaired) electrons. The van der Waals surface area contributed by atoms with Gasteiger partial charge in [-0.15, -0.1) is 0 Å². The van der Waals surface area contributed by atoms with Crippen molar-refractivity contribution in [2.45, 2.75) is 0 Å². The first-order valence-corrected chi connectivity index (χ1v) is 5.92. The van der Waals surface area contributed by atoms with E-state index in [1.54, 1.807) is 0 Å². The molecule has 1 fully saturated rings. The lowest BCUT2D eigenvalue weighted by atomic mass is 10.2. The standard InChI is InChI=1S/C11H12ClFN4/c12-9-6-7(13)5-8-10(9)15-16-11(8)17-3-1-14-2-4-17/h5-6,14H,1-4H2,(H,15,16). The maximum absolute atomic E-state index is 13.4. The Morgan fingerprint density at radius 2 is 2.06 bits per heavy atom. The number of H-pyrrole nitrogens is 1. The van der Waals surface area contributed by atoms with Gasteiger partial charge in [0.2, 0.25) is 0 Å². The van der Waals surface area contributed by atoms with Gasteiger partial charge in [0.05, 0.1) is 10.5 Å². The number of rotatable bonds is 1. The van der Waals surface area contributed by atoms with Gasteiger partial charge in [-0.3, -0.25) is 5.10 Å². The molecule has 1 aliphatic heterocycles. The van der Waals surface area contributed by atoms with Gasteiger partial charge in [-0.2, -0.15) is 5.10 Å². The molecule has 17 heavy (non-hydrogen) atoms. The summed E-state index contributed by atoms with van der Waals surface area (Å²) < 4.78 is 13.4. The zero-order valence-corrected chi connectivity index (χ0v) is 9.89. The van der Waals surface area contributed by atoms with Crippen LogP contribution < -0.4 is 10.2 Å². The molecule has 2 aromatic rings. The highest BCUT2D eigenvalue weighted by Crippen LogP contribution is 2.30. The Balaban J connectivity index is 2.10. The topological polar surface area (TPSA) is 44.0 Å². The number of nitrogens with one attached hydrogen (secondary N) is 2. The number of aromatic amines is 1. The van der Waals surface area contributed by atoms with Crippen LogP contribution in [0, 0.1) is 5.82 Å². The Kier molecular flexibility index (Phi) is 2.64. The lowest BCUT2D eigenvalue weighted by Gasteiger charge is -2.27. The van der Waals surface area contributed by atoms with E-state index in [-0.39, 0.29) is 5.82 Å². The van der Waals surface area contributed by atoms with Gasteiger partial charge in [0.25, 0.3) is 0 Å². The van der Waals surface area contributed by atoms with Gasteiger partial charge in [0.1, 0.15) is 5.82 Å². The number of nitrogens with zero attached hydrogens (tertiary/aromatic N) is 2. The van der Waals surface area contributed by atoms with E-state index in [1.807, 2.05) is 0 Å². The molecule has 1 aliphatic rings. The van der Waals surface area contributed by atoms with Crippen LogP contribution in [0.3, 0.4) is 0 Å². The minimum Gasteiger partial charge on any atom is -0.352 e. The number of benzene rings is 1. The number of aromatic nitrogens is 2. The van der Waals surface area contributed by atoms with Crippen molar-refractivity contribution in [3.8, 4) is 0 Å². The first kappa shape index (κ1) is 10.8. The van der Waals surface area contributed by atoms with E-state index in [0.717, 1.165) is 37.4 Å². The molecule has 1 saturated heterocycles. The van der Waals surface area contributed by atoms with E-state index in [1.165, 1.54) is 12.1 Å². The third kappa shape index (κ3) is 1.85. The molecular weight excluding hydrogens is 243 g/mol. The monoisotopic (exact) mass is 254 g/mol. The van der Waals surface area contributed by atoms with Gasteiger partial charge < -0.3 is 10.2 Å². The second-order valence-corrected chi connectivity index (χ2v) is 4.50. The van der Waals surface area contributed by atoms with Crippen LogP contribution in [0.5, 0.6) is 0 Å². The number of piperazine rings is 1. The predicted octanol–water partition coefficient (Wildman–Crippen LogP) is 1.76. The van der Waals surface area contributed by atoms with Crippen molar-refractivity contribution in [3.63, 3.8) is 0 Å². The van der Waals surface area contributed by atoms with Crippen LogP contribution in [0.25, 0.3) is 10.9 Å². The van der Waals surface area contributed by atoms with E-state index < -0.39 is 0 Å². The molecule has 0 unspecified atom stereocenters. The number of fused-ring (bicyclic) bond motifs is 1. The minimum absolute atomic E-state index is 0.333. The molecule has 0 bridgehead atoms. The summed E-state index contributed by atoms with van der Waals surface area (Å²) in [5.41, 5.74) is 0.696. The highest BCUT2D eigenvalue weighted by Gasteiger charge is 2.17. The normalized spacial score (nSPS) is 16.7. The third-order valence-electron chi connectivity index (χ3n) is 2.99. The summed E-state index contributed by atoms with van der Waals surface area (Å²) in [5.74, 6) is 0.447. The van der Waals surface area contributed by atoms with Crippen molar-refractivity contribution in [1.82, 2.24) is 15.5 Å². The SMILES string of the molecule is Fc1cc(Cl)c2[nH]nc(N3CCNCC3)c2c1. The summed E-state index contributed by atoms with van der Waals surface area (Å²) in [7, 11) is 0. The van der Waals surface area contributed by atoms with E-state index in [9.17, 15) is 4.39 Å². The maximum Gasteiger partial charge on any atom is 0.158 e. The minimum atomic E-state index is -0.333. The smallest absolute Gasteiger partial charge is 0.158 e. The summed E-state index contributed by atoms with van der Waals surface area (Å²) in [6.07, 6.45) is 0. The number of halogens is 2. The number of hydrogen-bond donors (Lipinski definition) is 2. The lowest BCUT2D eigenvalue weighted by molar-refractivity contribution is 0.585. The van der Waals surface area contributed by atoms with Crippen molar-refractivity contribution < 1.29 is 4.39 Å². The summed E-state index contributed by atoms with van der Waals surface area (Å²) in [6.45, 7) is 3.57. The average molecular weight is 255 g/mol. The van der Waals surface area contributed by atoms with Crippen LogP contribution in [0.1, 0.15) is 0 Å². The van der Waals surface area contributed by atoms with Gasteiger partial charge in [-0.05, 0) is 12.1 Å². The zero-order valence-electron chi connectivity index (χ0n) is 9.13.